The van der Waals surface area contributed by atoms with Gasteiger partial charge in [-0.1, -0.05) is 60.7 Å². The topological polar surface area (TPSA) is 54.4 Å². The molecule has 0 aliphatic heterocycles. The summed E-state index contributed by atoms with van der Waals surface area (Å²) in [6.07, 6.45) is -4.55. The van der Waals surface area contributed by atoms with Gasteiger partial charge in [0.1, 0.15) is 0 Å². The third-order valence-electron chi connectivity index (χ3n) is 3.84. The van der Waals surface area contributed by atoms with E-state index in [2.05, 4.69) is 0 Å². The van der Waals surface area contributed by atoms with E-state index in [1.165, 1.54) is 36.4 Å². The van der Waals surface area contributed by atoms with Crippen molar-refractivity contribution in [1.82, 2.24) is 0 Å². The number of rotatable bonds is 4. The molecule has 28 heavy (non-hydrogen) atoms. The molecule has 3 nitrogen and oxygen atoms in total. The Bertz CT molecular complexity index is 1060. The zero-order chi connectivity index (χ0) is 19.7. The Labute approximate surface area is 184 Å². The van der Waals surface area contributed by atoms with E-state index in [0.29, 0.717) is 10.6 Å². The maximum atomic E-state index is 13.6. The summed E-state index contributed by atoms with van der Waals surface area (Å²) < 4.78 is 73.0. The molecule has 0 radical (unpaired) electrons. The van der Waals surface area contributed by atoms with Gasteiger partial charge in [0.2, 0.25) is 0 Å². The first-order valence-electron chi connectivity index (χ1n) is 7.77. The Morgan fingerprint density at radius 1 is 0.786 bits per heavy atom. The fourth-order valence-electron chi connectivity index (χ4n) is 2.70. The van der Waals surface area contributed by atoms with Gasteiger partial charge in [-0.2, -0.15) is 21.6 Å². The summed E-state index contributed by atoms with van der Waals surface area (Å²) in [6.45, 7) is 0. The molecule has 0 heterocycles. The standard InChI is InChI=1S/C19H14F3O3PS.Na.H/c20-19(21,22)17-11-4-5-12-18(17)26(14-7-2-1-3-8-14)15-9-6-10-16(13-15)27(23,24)25;;/h1-13H,(H,23,24,25);;. The average Bonchev–Trinajstić information content (AvgIpc) is 2.62. The number of halogens is 3. The quantitative estimate of drug-likeness (QED) is 0.390. The van der Waals surface area contributed by atoms with Crippen molar-refractivity contribution in [3.05, 3.63) is 84.4 Å². The molecule has 3 aromatic rings. The fraction of sp³-hybridized carbons (Fsp3) is 0.0526. The first kappa shape index (κ1) is 23.1. The van der Waals surface area contributed by atoms with Crippen LogP contribution in [0.2, 0.25) is 0 Å². The van der Waals surface area contributed by atoms with Crippen LogP contribution < -0.4 is 15.9 Å². The maximum absolute atomic E-state index is 13.6. The summed E-state index contributed by atoms with van der Waals surface area (Å²) in [5, 5.41) is 1.10. The first-order chi connectivity index (χ1) is 12.7. The molecule has 3 rings (SSSR count). The van der Waals surface area contributed by atoms with Gasteiger partial charge in [-0.15, -0.1) is 0 Å². The second-order valence-electron chi connectivity index (χ2n) is 5.66. The molecule has 1 atom stereocenters. The van der Waals surface area contributed by atoms with E-state index < -0.39 is 29.8 Å². The van der Waals surface area contributed by atoms with Crippen molar-refractivity contribution >= 4 is 63.5 Å². The van der Waals surface area contributed by atoms with E-state index in [9.17, 15) is 26.1 Å². The van der Waals surface area contributed by atoms with Crippen molar-refractivity contribution in [1.29, 1.82) is 0 Å². The molecule has 1 N–H and O–H groups in total. The third kappa shape index (κ3) is 5.23. The van der Waals surface area contributed by atoms with Crippen molar-refractivity contribution < 1.29 is 26.1 Å². The molecule has 3 aromatic carbocycles. The van der Waals surface area contributed by atoms with Crippen LogP contribution in [-0.4, -0.2) is 42.5 Å². The van der Waals surface area contributed by atoms with Gasteiger partial charge in [0.25, 0.3) is 10.1 Å². The van der Waals surface area contributed by atoms with Crippen molar-refractivity contribution in [2.45, 2.75) is 11.1 Å². The first-order valence-corrected chi connectivity index (χ1v) is 10.5. The molecule has 0 amide bonds. The SMILES string of the molecule is O=S(=O)(O)c1cccc(P(c2ccccc2)c2ccccc2C(F)(F)F)c1.[NaH]. The zero-order valence-electron chi connectivity index (χ0n) is 13.8. The molecule has 0 aromatic heterocycles. The van der Waals surface area contributed by atoms with Gasteiger partial charge in [0.15, 0.2) is 0 Å². The number of benzene rings is 3. The van der Waals surface area contributed by atoms with Crippen LogP contribution in [0.4, 0.5) is 13.2 Å². The van der Waals surface area contributed by atoms with Crippen LogP contribution >= 0.6 is 7.92 Å². The van der Waals surface area contributed by atoms with E-state index in [1.807, 2.05) is 0 Å². The molecule has 0 saturated heterocycles. The molecule has 0 saturated carbocycles. The molecule has 0 aliphatic carbocycles. The van der Waals surface area contributed by atoms with Crippen LogP contribution in [0, 0.1) is 0 Å². The van der Waals surface area contributed by atoms with E-state index in [-0.39, 0.29) is 39.8 Å². The molecule has 0 fully saturated rings. The van der Waals surface area contributed by atoms with Crippen LogP contribution in [-0.2, 0) is 16.3 Å². The molecule has 0 aliphatic rings. The minimum absolute atomic E-state index is 0. The van der Waals surface area contributed by atoms with Crippen molar-refractivity contribution in [3.63, 3.8) is 0 Å². The Morgan fingerprint density at radius 3 is 1.96 bits per heavy atom. The third-order valence-corrected chi connectivity index (χ3v) is 7.17. The molecule has 1 unspecified atom stereocenters. The van der Waals surface area contributed by atoms with Gasteiger partial charge in [0, 0.05) is 0 Å². The van der Waals surface area contributed by atoms with Crippen LogP contribution in [0.1, 0.15) is 5.56 Å². The summed E-state index contributed by atoms with van der Waals surface area (Å²) in [6, 6.07) is 19.3. The summed E-state index contributed by atoms with van der Waals surface area (Å²) in [7, 11) is -6.16. The molecule has 9 heteroatoms. The van der Waals surface area contributed by atoms with Crippen LogP contribution in [0.15, 0.2) is 83.8 Å². The van der Waals surface area contributed by atoms with E-state index >= 15 is 0 Å². The number of hydrogen-bond donors (Lipinski definition) is 1. The van der Waals surface area contributed by atoms with Crippen molar-refractivity contribution in [3.8, 4) is 0 Å². The fourth-order valence-corrected chi connectivity index (χ4v) is 5.81. The Morgan fingerprint density at radius 2 is 1.36 bits per heavy atom. The van der Waals surface area contributed by atoms with Gasteiger partial charge in [-0.05, 0) is 42.0 Å². The summed E-state index contributed by atoms with van der Waals surface area (Å²) in [4.78, 5) is -0.354. The molecule has 0 spiro atoms. The van der Waals surface area contributed by atoms with Gasteiger partial charge < -0.3 is 0 Å². The average molecular weight is 434 g/mol. The van der Waals surface area contributed by atoms with E-state index in [1.54, 1.807) is 36.4 Å². The predicted octanol–water partition coefficient (Wildman–Crippen LogP) is 3.06. The predicted molar refractivity (Wildman–Crippen MR) is 107 cm³/mol. The van der Waals surface area contributed by atoms with E-state index in [4.69, 9.17) is 0 Å². The summed E-state index contributed by atoms with van der Waals surface area (Å²) in [5.74, 6) is 0. The minimum atomic E-state index is -4.55. The number of hydrogen-bond acceptors (Lipinski definition) is 2. The normalized spacial score (nSPS) is 12.9. The van der Waals surface area contributed by atoms with Crippen molar-refractivity contribution in [2.24, 2.45) is 0 Å². The summed E-state index contributed by atoms with van der Waals surface area (Å²) in [5.41, 5.74) is -0.766. The van der Waals surface area contributed by atoms with Gasteiger partial charge in [-0.3, -0.25) is 4.55 Å². The van der Waals surface area contributed by atoms with Crippen LogP contribution in [0.25, 0.3) is 0 Å². The second kappa shape index (κ2) is 9.08. The zero-order valence-corrected chi connectivity index (χ0v) is 15.5. The Balaban J connectivity index is 0.00000280. The van der Waals surface area contributed by atoms with Gasteiger partial charge >= 0.3 is 35.7 Å². The van der Waals surface area contributed by atoms with E-state index in [0.717, 1.165) is 6.07 Å². The molecule has 142 valence electrons. The Hall–Kier alpha value is -1.21. The van der Waals surface area contributed by atoms with Crippen LogP contribution in [0.3, 0.4) is 0 Å². The summed E-state index contributed by atoms with van der Waals surface area (Å²) >= 11 is 0. The van der Waals surface area contributed by atoms with Gasteiger partial charge in [-0.25, -0.2) is 0 Å². The molecular weight excluding hydrogens is 419 g/mol. The van der Waals surface area contributed by atoms with Crippen molar-refractivity contribution in [2.75, 3.05) is 0 Å². The molecular formula is C19H15F3NaO3PS. The van der Waals surface area contributed by atoms with Gasteiger partial charge in [0.05, 0.1) is 10.5 Å². The Kier molecular flexibility index (Phi) is 7.48. The molecule has 0 bridgehead atoms. The number of alkyl halides is 3. The van der Waals surface area contributed by atoms with Crippen LogP contribution in [0.5, 0.6) is 0 Å². The monoisotopic (exact) mass is 434 g/mol. The second-order valence-corrected chi connectivity index (χ2v) is 9.27.